The van der Waals surface area contributed by atoms with Gasteiger partial charge in [0.2, 0.25) is 5.91 Å². The van der Waals surface area contributed by atoms with Crippen molar-refractivity contribution in [3.63, 3.8) is 0 Å². The van der Waals surface area contributed by atoms with Gasteiger partial charge in [0, 0.05) is 24.3 Å². The molecule has 2 saturated carbocycles. The summed E-state index contributed by atoms with van der Waals surface area (Å²) in [5.41, 5.74) is 0.980. The molecule has 0 heterocycles. The molecule has 2 aliphatic rings. The van der Waals surface area contributed by atoms with E-state index in [1.54, 1.807) is 7.11 Å². The van der Waals surface area contributed by atoms with Crippen LogP contribution in [0.25, 0.3) is 0 Å². The molecular weight excluding hydrogens is 354 g/mol. The van der Waals surface area contributed by atoms with Gasteiger partial charge >= 0.3 is 0 Å². The molecule has 2 fully saturated rings. The molecule has 0 saturated heterocycles. The van der Waals surface area contributed by atoms with Crippen LogP contribution in [0.5, 0.6) is 11.5 Å². The monoisotopic (exact) mass is 387 g/mol. The van der Waals surface area contributed by atoms with E-state index in [-0.39, 0.29) is 23.7 Å². The van der Waals surface area contributed by atoms with Gasteiger partial charge in [-0.25, -0.2) is 0 Å². The molecule has 1 N–H and O–H groups in total. The zero-order valence-corrected chi connectivity index (χ0v) is 17.3. The molecule has 0 unspecified atom stereocenters. The molecule has 154 valence electrons. The molecule has 2 atom stereocenters. The van der Waals surface area contributed by atoms with Crippen LogP contribution in [0, 0.1) is 23.7 Å². The number of hydrogen-bond acceptors (Lipinski definition) is 4. The second-order valence-corrected chi connectivity index (χ2v) is 8.63. The zero-order valence-electron chi connectivity index (χ0n) is 17.3. The van der Waals surface area contributed by atoms with Gasteiger partial charge in [-0.1, -0.05) is 26.3 Å². The number of nitrogens with one attached hydrogen (secondary N) is 1. The predicted octanol–water partition coefficient (Wildman–Crippen LogP) is 4.13. The number of carbonyl (C=O) groups excluding carboxylic acids is 2. The first-order valence-electron chi connectivity index (χ1n) is 10.6. The lowest BCUT2D eigenvalue weighted by Gasteiger charge is -2.36. The summed E-state index contributed by atoms with van der Waals surface area (Å²) in [5.74, 6) is 2.65. The average Bonchev–Trinajstić information content (AvgIpc) is 2.66. The maximum atomic E-state index is 12.7. The van der Waals surface area contributed by atoms with E-state index in [0.717, 1.165) is 37.0 Å². The molecule has 0 aliphatic heterocycles. The van der Waals surface area contributed by atoms with Gasteiger partial charge in [0.05, 0.1) is 13.7 Å². The smallest absolute Gasteiger partial charge is 0.223 e. The van der Waals surface area contributed by atoms with E-state index in [1.807, 2.05) is 18.2 Å². The van der Waals surface area contributed by atoms with Gasteiger partial charge in [0.25, 0.3) is 0 Å². The summed E-state index contributed by atoms with van der Waals surface area (Å²) in [6.45, 7) is 5.46. The van der Waals surface area contributed by atoms with E-state index in [4.69, 9.17) is 9.47 Å². The van der Waals surface area contributed by atoms with Crippen LogP contribution in [0.1, 0.15) is 57.9 Å². The van der Waals surface area contributed by atoms with Gasteiger partial charge < -0.3 is 14.8 Å². The van der Waals surface area contributed by atoms with Crippen molar-refractivity contribution in [3.05, 3.63) is 23.8 Å². The second kappa shape index (κ2) is 9.44. The van der Waals surface area contributed by atoms with Crippen molar-refractivity contribution in [3.8, 4) is 11.5 Å². The maximum absolute atomic E-state index is 12.7. The SMILES string of the molecule is COc1cc(CNC(=O)C2C[C@H]3CCC[C@H](C2)C3=O)ccc1OCCC(C)C. The standard InChI is InChI=1S/C23H33NO4/c1-15(2)9-10-28-20-8-7-16(11-21(20)27-3)14-24-23(26)19-12-17-5-4-6-18(13-19)22(17)25/h7-8,11,15,17-19H,4-6,9-10,12-14H2,1-3H3,(H,24,26)/t17-,18-/m1/s1. The number of amides is 1. The van der Waals surface area contributed by atoms with Gasteiger partial charge in [0.1, 0.15) is 5.78 Å². The summed E-state index contributed by atoms with van der Waals surface area (Å²) in [6, 6.07) is 5.79. The second-order valence-electron chi connectivity index (χ2n) is 8.63. The fraction of sp³-hybridized carbons (Fsp3) is 0.652. The van der Waals surface area contributed by atoms with Crippen molar-refractivity contribution >= 4 is 11.7 Å². The molecule has 0 spiro atoms. The fourth-order valence-corrected chi connectivity index (χ4v) is 4.37. The molecule has 0 aromatic heterocycles. The Morgan fingerprint density at radius 1 is 1.18 bits per heavy atom. The number of hydrogen-bond donors (Lipinski definition) is 1. The van der Waals surface area contributed by atoms with E-state index in [9.17, 15) is 9.59 Å². The Hall–Kier alpha value is -2.04. The van der Waals surface area contributed by atoms with Crippen LogP contribution in [0.2, 0.25) is 0 Å². The van der Waals surface area contributed by atoms with Gasteiger partial charge in [-0.2, -0.15) is 0 Å². The fourth-order valence-electron chi connectivity index (χ4n) is 4.37. The van der Waals surface area contributed by atoms with E-state index in [1.165, 1.54) is 0 Å². The third kappa shape index (κ3) is 5.06. The number of benzene rings is 1. The Bertz CT molecular complexity index is 684. The topological polar surface area (TPSA) is 64.6 Å². The summed E-state index contributed by atoms with van der Waals surface area (Å²) < 4.78 is 11.3. The van der Waals surface area contributed by atoms with Gasteiger partial charge in [-0.15, -0.1) is 0 Å². The summed E-state index contributed by atoms with van der Waals surface area (Å²) in [7, 11) is 1.63. The van der Waals surface area contributed by atoms with Crippen molar-refractivity contribution in [2.75, 3.05) is 13.7 Å². The normalized spacial score (nSPS) is 24.1. The maximum Gasteiger partial charge on any atom is 0.223 e. The molecule has 5 nitrogen and oxygen atoms in total. The lowest BCUT2D eigenvalue weighted by Crippen LogP contribution is -2.42. The first-order chi connectivity index (χ1) is 13.5. The first kappa shape index (κ1) is 20.7. The van der Waals surface area contributed by atoms with Crippen LogP contribution < -0.4 is 14.8 Å². The van der Waals surface area contributed by atoms with Crippen molar-refractivity contribution in [2.45, 2.75) is 58.9 Å². The highest BCUT2D eigenvalue weighted by Gasteiger charge is 2.41. The molecule has 3 rings (SSSR count). The van der Waals surface area contributed by atoms with Crippen molar-refractivity contribution < 1.29 is 19.1 Å². The van der Waals surface area contributed by atoms with Crippen LogP contribution in [0.4, 0.5) is 0 Å². The molecule has 1 amide bonds. The molecule has 1 aromatic carbocycles. The lowest BCUT2D eigenvalue weighted by atomic mass is 9.67. The van der Waals surface area contributed by atoms with Gasteiger partial charge in [-0.05, 0) is 55.7 Å². The van der Waals surface area contributed by atoms with Crippen molar-refractivity contribution in [2.24, 2.45) is 23.7 Å². The molecule has 0 radical (unpaired) electrons. The minimum absolute atomic E-state index is 0.0338. The van der Waals surface area contributed by atoms with Crippen LogP contribution in [0.3, 0.4) is 0 Å². The van der Waals surface area contributed by atoms with E-state index in [2.05, 4.69) is 19.2 Å². The summed E-state index contributed by atoms with van der Waals surface area (Å²) in [5, 5.41) is 3.06. The van der Waals surface area contributed by atoms with Crippen LogP contribution in [-0.2, 0) is 16.1 Å². The summed E-state index contributed by atoms with van der Waals surface area (Å²) >= 11 is 0. The number of carbonyl (C=O) groups is 2. The van der Waals surface area contributed by atoms with Crippen LogP contribution in [0.15, 0.2) is 18.2 Å². The van der Waals surface area contributed by atoms with Crippen molar-refractivity contribution in [1.82, 2.24) is 5.32 Å². The third-order valence-electron chi connectivity index (χ3n) is 6.07. The quantitative estimate of drug-likeness (QED) is 0.728. The molecule has 28 heavy (non-hydrogen) atoms. The lowest BCUT2D eigenvalue weighted by molar-refractivity contribution is -0.137. The van der Waals surface area contributed by atoms with Gasteiger partial charge in [0.15, 0.2) is 11.5 Å². The summed E-state index contributed by atoms with van der Waals surface area (Å²) in [4.78, 5) is 24.9. The number of ketones is 1. The van der Waals surface area contributed by atoms with E-state index in [0.29, 0.717) is 43.4 Å². The predicted molar refractivity (Wildman–Crippen MR) is 108 cm³/mol. The summed E-state index contributed by atoms with van der Waals surface area (Å²) in [6.07, 6.45) is 5.46. The highest BCUT2D eigenvalue weighted by atomic mass is 16.5. The Morgan fingerprint density at radius 2 is 1.89 bits per heavy atom. The molecule has 2 bridgehead atoms. The largest absolute Gasteiger partial charge is 0.493 e. The number of ether oxygens (including phenoxy) is 2. The Kier molecular flexibility index (Phi) is 6.97. The minimum Gasteiger partial charge on any atom is -0.493 e. The Balaban J connectivity index is 1.54. The minimum atomic E-state index is -0.0338. The Labute approximate surface area is 168 Å². The highest BCUT2D eigenvalue weighted by Crippen LogP contribution is 2.40. The number of Topliss-reactive ketones (excluding diaryl/α,β-unsaturated/α-hetero) is 1. The zero-order chi connectivity index (χ0) is 20.1. The third-order valence-corrected chi connectivity index (χ3v) is 6.07. The van der Waals surface area contributed by atoms with Crippen LogP contribution in [-0.4, -0.2) is 25.4 Å². The van der Waals surface area contributed by atoms with Crippen LogP contribution >= 0.6 is 0 Å². The average molecular weight is 388 g/mol. The Morgan fingerprint density at radius 3 is 2.54 bits per heavy atom. The molecule has 2 aliphatic carbocycles. The van der Waals surface area contributed by atoms with E-state index >= 15 is 0 Å². The molecule has 1 aromatic rings. The van der Waals surface area contributed by atoms with E-state index < -0.39 is 0 Å². The molecular formula is C23H33NO4. The van der Waals surface area contributed by atoms with Gasteiger partial charge in [-0.3, -0.25) is 9.59 Å². The number of methoxy groups -OCH3 is 1. The number of rotatable bonds is 8. The molecule has 5 heteroatoms. The highest BCUT2D eigenvalue weighted by molar-refractivity contribution is 5.88. The van der Waals surface area contributed by atoms with Crippen molar-refractivity contribution in [1.29, 1.82) is 0 Å². The first-order valence-corrected chi connectivity index (χ1v) is 10.6. The number of fused-ring (bicyclic) bond motifs is 2.